The zero-order chi connectivity index (χ0) is 50.0. The Kier molecular flexibility index (Phi) is 20.6. The molecule has 20 heteroatoms. The Morgan fingerprint density at radius 2 is 1.53 bits per heavy atom. The number of carbonyl (C=O) groups excluding carboxylic acids is 3. The summed E-state index contributed by atoms with van der Waals surface area (Å²) in [6.07, 6.45) is 1.44. The van der Waals surface area contributed by atoms with E-state index in [0.717, 1.165) is 21.7 Å². The Balaban J connectivity index is 0.792. The molecule has 3 N–H and O–H groups in total. The molecule has 0 bridgehead atoms. The fourth-order valence-corrected chi connectivity index (χ4v) is 8.61. The van der Waals surface area contributed by atoms with Crippen LogP contribution in [0.5, 0.6) is 11.5 Å². The lowest BCUT2D eigenvalue weighted by Crippen LogP contribution is -2.57. The number of halogens is 2. The monoisotopic (exact) mass is 1010 g/mol. The van der Waals surface area contributed by atoms with Gasteiger partial charge in [-0.3, -0.25) is 14.4 Å². The predicted molar refractivity (Wildman–Crippen MR) is 263 cm³/mol. The number of Topliss-reactive ketones (excluding diaryl/α,β-unsaturated/α-hetero) is 1. The number of aliphatic hydroxyl groups is 1. The minimum atomic E-state index is -0.947. The van der Waals surface area contributed by atoms with Gasteiger partial charge in [0, 0.05) is 36.5 Å². The molecule has 1 fully saturated rings. The Hall–Kier alpha value is -5.38. The van der Waals surface area contributed by atoms with Gasteiger partial charge in [0.1, 0.15) is 37.2 Å². The first-order chi connectivity index (χ1) is 33.7. The molecule has 17 nitrogen and oxygen atoms in total. The number of anilines is 2. The van der Waals surface area contributed by atoms with E-state index in [9.17, 15) is 23.9 Å². The van der Waals surface area contributed by atoms with Crippen molar-refractivity contribution in [3.8, 4) is 21.9 Å². The number of fused-ring (bicyclic) bond motifs is 1. The van der Waals surface area contributed by atoms with Gasteiger partial charge in [0.05, 0.1) is 105 Å². The van der Waals surface area contributed by atoms with Crippen molar-refractivity contribution in [2.75, 3.05) is 91.6 Å². The van der Waals surface area contributed by atoms with Crippen LogP contribution in [0.2, 0.25) is 5.02 Å². The maximum absolute atomic E-state index is 13.9. The molecule has 0 aliphatic carbocycles. The van der Waals surface area contributed by atoms with E-state index in [2.05, 4.69) is 25.6 Å². The second-order valence-electron chi connectivity index (χ2n) is 17.5. The van der Waals surface area contributed by atoms with E-state index in [1.165, 1.54) is 30.5 Å². The summed E-state index contributed by atoms with van der Waals surface area (Å²) in [4.78, 5) is 55.9. The standard InChI is InChI=1S/C50H62ClFN6O11S/c1-32-46(70-31-55-32)34-9-6-33(7-10-34)8-13-42(60)41-25-36(59)28-58(41)49(62)47(50(2,3)4)57-45(61)29-68-21-20-66-17-16-64-14-15-65-18-19-67-22-23-69-44-26-37-40(27-43(44)63-5)53-30-54-48(37)56-35-11-12-39(52)38(51)24-35/h6-7,9-12,24,26-27,30-31,36,41,47,59H,8,13-23,25,28-29H2,1-5H3,(H,57,61)(H,53,54,56)/t36-,41+,47-/m1/s1. The van der Waals surface area contributed by atoms with Gasteiger partial charge in [-0.25, -0.2) is 19.3 Å². The van der Waals surface area contributed by atoms with Crippen molar-refractivity contribution in [3.63, 3.8) is 0 Å². The summed E-state index contributed by atoms with van der Waals surface area (Å²) >= 11 is 7.53. The van der Waals surface area contributed by atoms with Gasteiger partial charge in [0.25, 0.3) is 0 Å². The summed E-state index contributed by atoms with van der Waals surface area (Å²) in [7, 11) is 1.54. The summed E-state index contributed by atoms with van der Waals surface area (Å²) in [6, 6.07) is 14.1. The van der Waals surface area contributed by atoms with Crippen LogP contribution in [0.25, 0.3) is 21.3 Å². The van der Waals surface area contributed by atoms with Crippen LogP contribution >= 0.6 is 22.9 Å². The summed E-state index contributed by atoms with van der Waals surface area (Å²) in [5.74, 6) is -0.0978. The van der Waals surface area contributed by atoms with E-state index in [1.54, 1.807) is 29.5 Å². The molecule has 5 aromatic rings. The first kappa shape index (κ1) is 54.0. The van der Waals surface area contributed by atoms with Gasteiger partial charge >= 0.3 is 0 Å². The number of nitrogens with zero attached hydrogens (tertiary/aromatic N) is 4. The van der Waals surface area contributed by atoms with Crippen LogP contribution in [0.3, 0.4) is 0 Å². The molecule has 0 radical (unpaired) electrons. The predicted octanol–water partition coefficient (Wildman–Crippen LogP) is 6.76. The fourth-order valence-electron chi connectivity index (χ4n) is 7.62. The third-order valence-electron chi connectivity index (χ3n) is 11.3. The number of carbonyl (C=O) groups is 3. The molecule has 0 saturated carbocycles. The molecular formula is C50H62ClFN6O11S. The summed E-state index contributed by atoms with van der Waals surface area (Å²) in [5.41, 5.74) is 5.35. The number of aryl methyl sites for hydroxylation is 2. The number of aliphatic hydroxyl groups excluding tert-OH is 1. The number of methoxy groups -OCH3 is 1. The fraction of sp³-hybridized carbons (Fsp3) is 0.480. The third kappa shape index (κ3) is 15.8. The Morgan fingerprint density at radius 3 is 2.14 bits per heavy atom. The van der Waals surface area contributed by atoms with Crippen LogP contribution in [0.1, 0.15) is 44.9 Å². The molecule has 1 aliphatic heterocycles. The minimum absolute atomic E-state index is 0.0126. The van der Waals surface area contributed by atoms with Crippen molar-refractivity contribution >= 4 is 62.9 Å². The van der Waals surface area contributed by atoms with Gasteiger partial charge in [0.2, 0.25) is 11.8 Å². The minimum Gasteiger partial charge on any atom is -0.493 e. The van der Waals surface area contributed by atoms with Crippen LogP contribution in [-0.4, -0.2) is 147 Å². The number of hydrogen-bond donors (Lipinski definition) is 3. The maximum atomic E-state index is 13.9. The number of benzene rings is 3. The highest BCUT2D eigenvalue weighted by Gasteiger charge is 2.44. The maximum Gasteiger partial charge on any atom is 0.246 e. The quantitative estimate of drug-likeness (QED) is 0.0443. The number of amides is 2. The van der Waals surface area contributed by atoms with Gasteiger partial charge in [-0.15, -0.1) is 11.3 Å². The van der Waals surface area contributed by atoms with Crippen LogP contribution < -0.4 is 20.1 Å². The van der Waals surface area contributed by atoms with E-state index in [-0.39, 0.29) is 56.6 Å². The average Bonchev–Trinajstić information content (AvgIpc) is 3.96. The highest BCUT2D eigenvalue weighted by atomic mass is 35.5. The number of aromatic nitrogens is 3. The summed E-state index contributed by atoms with van der Waals surface area (Å²) in [5, 5.41) is 17.2. The van der Waals surface area contributed by atoms with Crippen molar-refractivity contribution in [3.05, 3.63) is 88.5 Å². The number of nitrogens with one attached hydrogen (secondary N) is 2. The molecule has 6 rings (SSSR count). The number of ketones is 1. The van der Waals surface area contributed by atoms with E-state index in [4.69, 9.17) is 44.8 Å². The van der Waals surface area contributed by atoms with Gasteiger partial charge < -0.3 is 53.8 Å². The molecule has 70 heavy (non-hydrogen) atoms. The molecule has 2 aromatic heterocycles. The lowest BCUT2D eigenvalue weighted by molar-refractivity contribution is -0.144. The normalized spacial score (nSPS) is 15.3. The lowest BCUT2D eigenvalue weighted by atomic mass is 9.85. The van der Waals surface area contributed by atoms with E-state index < -0.39 is 41.2 Å². The third-order valence-corrected chi connectivity index (χ3v) is 12.6. The van der Waals surface area contributed by atoms with Crippen molar-refractivity contribution in [1.82, 2.24) is 25.2 Å². The number of likely N-dealkylation sites (tertiary alicyclic amines) is 1. The lowest BCUT2D eigenvalue weighted by Gasteiger charge is -2.35. The van der Waals surface area contributed by atoms with Crippen LogP contribution in [0.15, 0.2) is 66.4 Å². The van der Waals surface area contributed by atoms with Gasteiger partial charge in [-0.2, -0.15) is 0 Å². The molecule has 378 valence electrons. The Morgan fingerprint density at radius 1 is 0.871 bits per heavy atom. The van der Waals surface area contributed by atoms with Crippen LogP contribution in [0, 0.1) is 18.2 Å². The number of thiazole rings is 1. The Bertz CT molecular complexity index is 2490. The molecule has 0 spiro atoms. The molecule has 0 unspecified atom stereocenters. The van der Waals surface area contributed by atoms with Crippen molar-refractivity contribution in [1.29, 1.82) is 0 Å². The van der Waals surface area contributed by atoms with Crippen molar-refractivity contribution in [2.24, 2.45) is 5.41 Å². The van der Waals surface area contributed by atoms with E-state index >= 15 is 0 Å². The number of β-amino-alcohol motifs (C(OH)–C–C–N with tert-alkyl or cyclic N) is 1. The summed E-state index contributed by atoms with van der Waals surface area (Å²) < 4.78 is 53.0. The average molecular weight is 1010 g/mol. The second-order valence-corrected chi connectivity index (χ2v) is 18.8. The zero-order valence-corrected chi connectivity index (χ0v) is 41.7. The largest absolute Gasteiger partial charge is 0.493 e. The molecular weight excluding hydrogens is 947 g/mol. The van der Waals surface area contributed by atoms with Crippen molar-refractivity contribution < 1.29 is 57.0 Å². The smallest absolute Gasteiger partial charge is 0.246 e. The van der Waals surface area contributed by atoms with Gasteiger partial charge in [-0.05, 0) is 54.2 Å². The SMILES string of the molecule is COc1cc2ncnc(Nc3ccc(F)c(Cl)c3)c2cc1OCCOCCOCCOCCOCCOCC(=O)N[C@H](C(=O)N1C[C@H](O)C[C@H]1C(=O)CCc1ccc(-c2scnc2C)cc1)C(C)(C)C. The van der Waals surface area contributed by atoms with E-state index in [0.29, 0.717) is 86.6 Å². The molecule has 3 aromatic carbocycles. The van der Waals surface area contributed by atoms with Crippen molar-refractivity contribution in [2.45, 2.75) is 65.1 Å². The first-order valence-electron chi connectivity index (χ1n) is 23.1. The van der Waals surface area contributed by atoms with Gasteiger partial charge in [0.15, 0.2) is 17.3 Å². The van der Waals surface area contributed by atoms with Gasteiger partial charge in [-0.1, -0.05) is 56.6 Å². The van der Waals surface area contributed by atoms with E-state index in [1.807, 2.05) is 57.5 Å². The van der Waals surface area contributed by atoms with Crippen LogP contribution in [-0.2, 0) is 44.5 Å². The molecule has 2 amide bonds. The number of ether oxygens (including phenoxy) is 7. The zero-order valence-electron chi connectivity index (χ0n) is 40.2. The molecule has 1 aliphatic rings. The Labute approximate surface area is 416 Å². The highest BCUT2D eigenvalue weighted by molar-refractivity contribution is 7.13. The molecule has 3 atom stereocenters. The molecule has 3 heterocycles. The van der Waals surface area contributed by atoms with Crippen LogP contribution in [0.4, 0.5) is 15.9 Å². The number of hydrogen-bond acceptors (Lipinski definition) is 16. The highest BCUT2D eigenvalue weighted by Crippen LogP contribution is 2.35. The first-order valence-corrected chi connectivity index (χ1v) is 24.3. The summed E-state index contributed by atoms with van der Waals surface area (Å²) in [6.45, 7) is 10.2. The second kappa shape index (κ2) is 26.7. The molecule has 1 saturated heterocycles. The number of rotatable bonds is 28. The topological polar surface area (TPSA) is 202 Å².